The predicted octanol–water partition coefficient (Wildman–Crippen LogP) is 1.61. The number of H-pyrrole nitrogens is 1. The van der Waals surface area contributed by atoms with E-state index in [-0.39, 0.29) is 0 Å². The van der Waals surface area contributed by atoms with Crippen molar-refractivity contribution in [2.75, 3.05) is 12.8 Å². The van der Waals surface area contributed by atoms with Gasteiger partial charge in [0.1, 0.15) is 5.69 Å². The molecule has 0 saturated carbocycles. The third-order valence-electron chi connectivity index (χ3n) is 2.68. The number of hydrogen-bond donors (Lipinski definition) is 2. The average molecular weight is 241 g/mol. The topological polar surface area (TPSA) is 89.7 Å². The van der Waals surface area contributed by atoms with Gasteiger partial charge in [0.2, 0.25) is 0 Å². The first-order chi connectivity index (χ1) is 8.79. The third-order valence-corrected chi connectivity index (χ3v) is 2.68. The van der Waals surface area contributed by atoms with Crippen LogP contribution in [0, 0.1) is 0 Å². The highest BCUT2D eigenvalue weighted by atomic mass is 16.5. The Hall–Kier alpha value is -2.63. The molecule has 0 saturated heterocycles. The molecule has 18 heavy (non-hydrogen) atoms. The predicted molar refractivity (Wildman–Crippen MR) is 68.1 cm³/mol. The summed E-state index contributed by atoms with van der Waals surface area (Å²) in [6, 6.07) is 7.78. The Bertz CT molecular complexity index is 707. The zero-order valence-corrected chi connectivity index (χ0v) is 9.71. The normalized spacial score (nSPS) is 10.7. The van der Waals surface area contributed by atoms with E-state index >= 15 is 0 Å². The van der Waals surface area contributed by atoms with Crippen LogP contribution in [-0.2, 0) is 0 Å². The van der Waals surface area contributed by atoms with E-state index in [4.69, 9.17) is 10.5 Å². The number of fused-ring (bicyclic) bond motifs is 1. The number of nitrogens with one attached hydrogen (secondary N) is 1. The Balaban J connectivity index is 2.17. The van der Waals surface area contributed by atoms with Crippen molar-refractivity contribution < 1.29 is 4.74 Å². The van der Waals surface area contributed by atoms with Crippen molar-refractivity contribution in [1.29, 1.82) is 0 Å². The van der Waals surface area contributed by atoms with Crippen molar-refractivity contribution >= 4 is 16.7 Å². The molecule has 6 nitrogen and oxygen atoms in total. The van der Waals surface area contributed by atoms with Crippen molar-refractivity contribution in [3.8, 4) is 17.3 Å². The summed E-state index contributed by atoms with van der Waals surface area (Å²) in [7, 11) is 1.53. The second-order valence-corrected chi connectivity index (χ2v) is 3.77. The van der Waals surface area contributed by atoms with E-state index in [9.17, 15) is 0 Å². The number of methoxy groups -OCH3 is 1. The van der Waals surface area contributed by atoms with Crippen LogP contribution in [0.1, 0.15) is 0 Å². The van der Waals surface area contributed by atoms with Gasteiger partial charge in [0, 0.05) is 5.39 Å². The summed E-state index contributed by atoms with van der Waals surface area (Å²) in [4.78, 5) is 8.40. The van der Waals surface area contributed by atoms with Crippen LogP contribution in [0.5, 0.6) is 5.75 Å². The zero-order chi connectivity index (χ0) is 12.5. The number of nitrogens with zero attached hydrogens (tertiary/aromatic N) is 3. The minimum absolute atomic E-state index is 0.301. The van der Waals surface area contributed by atoms with Crippen molar-refractivity contribution in [1.82, 2.24) is 20.2 Å². The first-order valence-electron chi connectivity index (χ1n) is 5.39. The minimum atomic E-state index is 0.301. The molecule has 6 heteroatoms. The van der Waals surface area contributed by atoms with Crippen molar-refractivity contribution in [2.24, 2.45) is 0 Å². The lowest BCUT2D eigenvalue weighted by Crippen LogP contribution is -1.99. The van der Waals surface area contributed by atoms with Crippen molar-refractivity contribution in [3.05, 3.63) is 30.5 Å². The van der Waals surface area contributed by atoms with E-state index in [1.807, 2.05) is 24.3 Å². The van der Waals surface area contributed by atoms with E-state index in [0.717, 1.165) is 10.9 Å². The molecule has 1 aromatic carbocycles. The van der Waals surface area contributed by atoms with Crippen molar-refractivity contribution in [3.63, 3.8) is 0 Å². The summed E-state index contributed by atoms with van der Waals surface area (Å²) in [6.07, 6.45) is 1.54. The maximum Gasteiger partial charge on any atom is 0.182 e. The molecular formula is C12H11N5O. The highest BCUT2D eigenvalue weighted by molar-refractivity contribution is 5.91. The van der Waals surface area contributed by atoms with Gasteiger partial charge in [-0.3, -0.25) is 5.10 Å². The van der Waals surface area contributed by atoms with Gasteiger partial charge in [0.05, 0.1) is 18.8 Å². The van der Waals surface area contributed by atoms with E-state index in [1.54, 1.807) is 6.20 Å². The summed E-state index contributed by atoms with van der Waals surface area (Å²) in [5.41, 5.74) is 7.38. The van der Waals surface area contributed by atoms with Crippen LogP contribution in [-0.4, -0.2) is 27.3 Å². The van der Waals surface area contributed by atoms with Gasteiger partial charge in [0.25, 0.3) is 0 Å². The van der Waals surface area contributed by atoms with Crippen LogP contribution in [0.2, 0.25) is 0 Å². The quantitative estimate of drug-likeness (QED) is 0.711. The van der Waals surface area contributed by atoms with Crippen LogP contribution in [0.15, 0.2) is 30.5 Å². The number of hydrogen-bond acceptors (Lipinski definition) is 5. The van der Waals surface area contributed by atoms with Gasteiger partial charge in [-0.05, 0) is 6.07 Å². The van der Waals surface area contributed by atoms with Gasteiger partial charge < -0.3 is 10.5 Å². The van der Waals surface area contributed by atoms with E-state index in [0.29, 0.717) is 23.1 Å². The highest BCUT2D eigenvalue weighted by Crippen LogP contribution is 2.26. The molecule has 0 aliphatic rings. The largest absolute Gasteiger partial charge is 0.491 e. The molecule has 0 fully saturated rings. The monoisotopic (exact) mass is 241 g/mol. The molecule has 3 aromatic rings. The molecule has 2 aromatic heterocycles. The first kappa shape index (κ1) is 10.5. The molecule has 0 bridgehead atoms. The molecule has 0 spiro atoms. The zero-order valence-electron chi connectivity index (χ0n) is 9.71. The van der Waals surface area contributed by atoms with Gasteiger partial charge in [0.15, 0.2) is 17.4 Å². The lowest BCUT2D eigenvalue weighted by Gasteiger charge is -2.03. The van der Waals surface area contributed by atoms with Gasteiger partial charge in [-0.2, -0.15) is 5.10 Å². The average Bonchev–Trinajstić information content (AvgIpc) is 2.82. The van der Waals surface area contributed by atoms with Gasteiger partial charge >= 0.3 is 0 Å². The number of rotatable bonds is 2. The first-order valence-corrected chi connectivity index (χ1v) is 5.39. The lowest BCUT2D eigenvalue weighted by molar-refractivity contribution is 0.413. The summed E-state index contributed by atoms with van der Waals surface area (Å²) < 4.78 is 5.03. The second kappa shape index (κ2) is 3.99. The highest BCUT2D eigenvalue weighted by Gasteiger charge is 2.12. The molecule has 3 N–H and O–H groups in total. The molecule has 0 radical (unpaired) electrons. The molecule has 0 unspecified atom stereocenters. The molecule has 0 aliphatic heterocycles. The fraction of sp³-hybridized carbons (Fsp3) is 0.0833. The molecule has 3 rings (SSSR count). The lowest BCUT2D eigenvalue weighted by atomic mass is 10.2. The van der Waals surface area contributed by atoms with E-state index in [2.05, 4.69) is 20.2 Å². The number of aromatic amines is 1. The SMILES string of the molecule is COc1cnc(-c2n[nH]c3ccccc23)nc1N. The van der Waals surface area contributed by atoms with Gasteiger partial charge in [-0.25, -0.2) is 9.97 Å². The number of benzene rings is 1. The molecule has 2 heterocycles. The summed E-state index contributed by atoms with van der Waals surface area (Å²) in [5, 5.41) is 8.11. The number of nitrogens with two attached hydrogens (primary N) is 1. The molecule has 90 valence electrons. The van der Waals surface area contributed by atoms with Gasteiger partial charge in [-0.1, -0.05) is 18.2 Å². The van der Waals surface area contributed by atoms with Crippen molar-refractivity contribution in [2.45, 2.75) is 0 Å². The maximum absolute atomic E-state index is 5.77. The summed E-state index contributed by atoms with van der Waals surface area (Å²) in [6.45, 7) is 0. The fourth-order valence-corrected chi connectivity index (χ4v) is 1.79. The smallest absolute Gasteiger partial charge is 0.182 e. The van der Waals surface area contributed by atoms with Crippen LogP contribution in [0.3, 0.4) is 0 Å². The molecule has 0 aliphatic carbocycles. The number of para-hydroxylation sites is 1. The van der Waals surface area contributed by atoms with E-state index < -0.39 is 0 Å². The van der Waals surface area contributed by atoms with Crippen LogP contribution in [0.4, 0.5) is 5.82 Å². The Kier molecular flexibility index (Phi) is 2.33. The Morgan fingerprint density at radius 3 is 2.89 bits per heavy atom. The molecule has 0 amide bonds. The fourth-order valence-electron chi connectivity index (χ4n) is 1.79. The van der Waals surface area contributed by atoms with E-state index in [1.165, 1.54) is 7.11 Å². The van der Waals surface area contributed by atoms with Gasteiger partial charge in [-0.15, -0.1) is 0 Å². The number of aromatic nitrogens is 4. The number of anilines is 1. The van der Waals surface area contributed by atoms with Crippen LogP contribution in [0.25, 0.3) is 22.4 Å². The Morgan fingerprint density at radius 1 is 1.28 bits per heavy atom. The summed E-state index contributed by atoms with van der Waals surface area (Å²) in [5.74, 6) is 1.24. The summed E-state index contributed by atoms with van der Waals surface area (Å²) >= 11 is 0. The number of ether oxygens (including phenoxy) is 1. The molecular weight excluding hydrogens is 230 g/mol. The minimum Gasteiger partial charge on any atom is -0.491 e. The third kappa shape index (κ3) is 1.55. The Labute approximate surface area is 103 Å². The van der Waals surface area contributed by atoms with Crippen LogP contribution < -0.4 is 10.5 Å². The standard InChI is InChI=1S/C12H11N5O/c1-18-9-6-14-12(15-11(9)13)10-7-4-2-3-5-8(7)16-17-10/h2-6H,1H3,(H,16,17)(H2,13,14,15). The molecule has 0 atom stereocenters. The maximum atomic E-state index is 5.77. The van der Waals surface area contributed by atoms with Crippen LogP contribution >= 0.6 is 0 Å². The second-order valence-electron chi connectivity index (χ2n) is 3.77. The Morgan fingerprint density at radius 2 is 2.11 bits per heavy atom. The number of nitrogen functional groups attached to an aromatic ring is 1.